The Balaban J connectivity index is 1.77. The number of thiazole rings is 1. The van der Waals surface area contributed by atoms with Gasteiger partial charge < -0.3 is 4.74 Å². The molecule has 1 saturated heterocycles. The lowest BCUT2D eigenvalue weighted by molar-refractivity contribution is -0.0298. The Morgan fingerprint density at radius 2 is 2.29 bits per heavy atom. The highest BCUT2D eigenvalue weighted by Gasteiger charge is 2.24. The van der Waals surface area contributed by atoms with E-state index in [2.05, 4.69) is 45.3 Å². The molecule has 1 aliphatic rings. The first kappa shape index (κ1) is 15.2. The average Bonchev–Trinajstić information content (AvgIpc) is 2.98. The maximum atomic E-state index is 5.91. The molecule has 1 aliphatic heterocycles. The van der Waals surface area contributed by atoms with E-state index in [0.29, 0.717) is 0 Å². The Kier molecular flexibility index (Phi) is 5.06. The molecule has 1 aromatic carbocycles. The average molecular weight is 367 g/mol. The fourth-order valence-electron chi connectivity index (χ4n) is 2.60. The van der Waals surface area contributed by atoms with Crippen molar-refractivity contribution in [3.63, 3.8) is 0 Å². The van der Waals surface area contributed by atoms with E-state index >= 15 is 0 Å². The van der Waals surface area contributed by atoms with Crippen molar-refractivity contribution in [2.45, 2.75) is 19.4 Å². The molecule has 0 radical (unpaired) electrons. The second-order valence-corrected chi connectivity index (χ2v) is 6.95. The minimum atomic E-state index is 0.117. The van der Waals surface area contributed by atoms with Gasteiger partial charge in [-0.1, -0.05) is 41.1 Å². The topological polar surface area (TPSA) is 25.4 Å². The fraction of sp³-hybridized carbons (Fsp3) is 0.438. The predicted molar refractivity (Wildman–Crippen MR) is 90.7 cm³/mol. The van der Waals surface area contributed by atoms with Crippen molar-refractivity contribution >= 4 is 27.3 Å². The van der Waals surface area contributed by atoms with Gasteiger partial charge in [-0.15, -0.1) is 11.3 Å². The molecular formula is C16H19BrN2OS. The van der Waals surface area contributed by atoms with Gasteiger partial charge in [-0.05, 0) is 19.0 Å². The molecule has 0 spiro atoms. The molecular weight excluding hydrogens is 348 g/mol. The molecule has 5 heteroatoms. The molecule has 0 saturated carbocycles. The van der Waals surface area contributed by atoms with Crippen LogP contribution in [0.25, 0.3) is 11.3 Å². The lowest BCUT2D eigenvalue weighted by Crippen LogP contribution is -2.38. The van der Waals surface area contributed by atoms with E-state index in [4.69, 9.17) is 9.72 Å². The second-order valence-electron chi connectivity index (χ2n) is 5.21. The lowest BCUT2D eigenvalue weighted by atomic mass is 10.2. The van der Waals surface area contributed by atoms with Crippen molar-refractivity contribution in [2.24, 2.45) is 0 Å². The highest BCUT2D eigenvalue weighted by Crippen LogP contribution is 2.32. The molecule has 21 heavy (non-hydrogen) atoms. The molecule has 1 unspecified atom stereocenters. The van der Waals surface area contributed by atoms with E-state index < -0.39 is 0 Å². The highest BCUT2D eigenvalue weighted by atomic mass is 79.9. The van der Waals surface area contributed by atoms with Gasteiger partial charge in [0.25, 0.3) is 0 Å². The summed E-state index contributed by atoms with van der Waals surface area (Å²) in [5, 5.41) is 3.21. The quantitative estimate of drug-likeness (QED) is 0.803. The Hall–Kier alpha value is -0.750. The van der Waals surface area contributed by atoms with Crippen molar-refractivity contribution in [3.8, 4) is 11.3 Å². The summed E-state index contributed by atoms with van der Waals surface area (Å²) in [5.74, 6) is 0. The van der Waals surface area contributed by atoms with Gasteiger partial charge in [0.1, 0.15) is 11.1 Å². The molecule has 0 aliphatic carbocycles. The van der Waals surface area contributed by atoms with E-state index in [1.165, 1.54) is 6.42 Å². The summed E-state index contributed by atoms with van der Waals surface area (Å²) in [5.41, 5.74) is 2.17. The first-order chi connectivity index (χ1) is 10.3. The number of rotatable bonds is 4. The molecule has 3 rings (SSSR count). The third-order valence-corrected chi connectivity index (χ3v) is 5.27. The van der Waals surface area contributed by atoms with Crippen LogP contribution >= 0.6 is 27.3 Å². The maximum Gasteiger partial charge on any atom is 0.124 e. The summed E-state index contributed by atoms with van der Waals surface area (Å²) in [4.78, 5) is 7.26. The molecule has 3 nitrogen and oxygen atoms in total. The maximum absolute atomic E-state index is 5.91. The number of hydrogen-bond acceptors (Lipinski definition) is 4. The van der Waals surface area contributed by atoms with Crippen LogP contribution in [0.5, 0.6) is 0 Å². The molecule has 112 valence electrons. The van der Waals surface area contributed by atoms with Crippen molar-refractivity contribution in [2.75, 3.05) is 26.2 Å². The van der Waals surface area contributed by atoms with Crippen LogP contribution in [0, 0.1) is 0 Å². The molecule has 2 heterocycles. The molecule has 0 N–H and O–H groups in total. The van der Waals surface area contributed by atoms with Gasteiger partial charge in [0.05, 0.1) is 12.3 Å². The zero-order valence-corrected chi connectivity index (χ0v) is 14.5. The van der Waals surface area contributed by atoms with Gasteiger partial charge in [-0.2, -0.15) is 0 Å². The monoisotopic (exact) mass is 366 g/mol. The third-order valence-electron chi connectivity index (χ3n) is 3.64. The number of halogens is 1. The van der Waals surface area contributed by atoms with Crippen molar-refractivity contribution in [3.05, 3.63) is 39.1 Å². The van der Waals surface area contributed by atoms with E-state index in [0.717, 1.165) is 47.0 Å². The van der Waals surface area contributed by atoms with Gasteiger partial charge in [0, 0.05) is 28.5 Å². The van der Waals surface area contributed by atoms with Gasteiger partial charge in [0.15, 0.2) is 0 Å². The molecule has 1 aromatic heterocycles. The number of ether oxygens (including phenoxy) is 1. The summed E-state index contributed by atoms with van der Waals surface area (Å²) >= 11 is 5.29. The number of hydrogen-bond donors (Lipinski definition) is 0. The Morgan fingerprint density at radius 3 is 3.10 bits per heavy atom. The summed E-state index contributed by atoms with van der Waals surface area (Å²) in [6, 6.07) is 8.20. The second kappa shape index (κ2) is 7.01. The van der Waals surface area contributed by atoms with E-state index in [1.807, 2.05) is 12.1 Å². The molecule has 0 amide bonds. The van der Waals surface area contributed by atoms with E-state index in [9.17, 15) is 0 Å². The molecule has 0 bridgehead atoms. The third kappa shape index (κ3) is 3.54. The highest BCUT2D eigenvalue weighted by molar-refractivity contribution is 9.10. The van der Waals surface area contributed by atoms with Crippen molar-refractivity contribution in [1.29, 1.82) is 0 Å². The summed E-state index contributed by atoms with van der Waals surface area (Å²) in [6.45, 7) is 6.15. The van der Waals surface area contributed by atoms with Crippen LogP contribution in [0.1, 0.15) is 24.5 Å². The SMILES string of the molecule is CCCN1CCOC(c2nc(-c3ccccc3Br)cs2)C1. The van der Waals surface area contributed by atoms with E-state index in [-0.39, 0.29) is 6.10 Å². The zero-order valence-electron chi connectivity index (χ0n) is 12.1. The van der Waals surface area contributed by atoms with Gasteiger partial charge in [0.2, 0.25) is 0 Å². The summed E-state index contributed by atoms with van der Waals surface area (Å²) in [7, 11) is 0. The fourth-order valence-corrected chi connectivity index (χ4v) is 3.94. The first-order valence-corrected chi connectivity index (χ1v) is 8.99. The zero-order chi connectivity index (χ0) is 14.7. The number of benzene rings is 1. The van der Waals surface area contributed by atoms with Gasteiger partial charge >= 0.3 is 0 Å². The van der Waals surface area contributed by atoms with Crippen molar-refractivity contribution in [1.82, 2.24) is 9.88 Å². The smallest absolute Gasteiger partial charge is 0.124 e. The lowest BCUT2D eigenvalue weighted by Gasteiger charge is -2.31. The minimum Gasteiger partial charge on any atom is -0.368 e. The number of morpholine rings is 1. The minimum absolute atomic E-state index is 0.117. The van der Waals surface area contributed by atoms with Crippen molar-refractivity contribution < 1.29 is 4.74 Å². The van der Waals surface area contributed by atoms with Crippen LogP contribution in [0.2, 0.25) is 0 Å². The molecule has 2 aromatic rings. The normalized spacial score (nSPS) is 19.8. The molecule has 1 atom stereocenters. The first-order valence-electron chi connectivity index (χ1n) is 7.32. The van der Waals surface area contributed by atoms with Crippen LogP contribution in [0.4, 0.5) is 0 Å². The largest absolute Gasteiger partial charge is 0.368 e. The molecule has 1 fully saturated rings. The van der Waals surface area contributed by atoms with E-state index in [1.54, 1.807) is 11.3 Å². The van der Waals surface area contributed by atoms with Crippen LogP contribution in [0.15, 0.2) is 34.1 Å². The standard InChI is InChI=1S/C16H19BrN2OS/c1-2-7-19-8-9-20-15(10-19)16-18-14(11-21-16)12-5-3-4-6-13(12)17/h3-6,11,15H,2,7-10H2,1H3. The Labute approximate surface area is 138 Å². The summed E-state index contributed by atoms with van der Waals surface area (Å²) < 4.78 is 7.00. The Bertz CT molecular complexity index is 599. The summed E-state index contributed by atoms with van der Waals surface area (Å²) in [6.07, 6.45) is 1.30. The van der Waals surface area contributed by atoms with Crippen LogP contribution in [-0.2, 0) is 4.74 Å². The van der Waals surface area contributed by atoms with Crippen LogP contribution in [0.3, 0.4) is 0 Å². The van der Waals surface area contributed by atoms with Crippen LogP contribution in [-0.4, -0.2) is 36.1 Å². The van der Waals surface area contributed by atoms with Crippen LogP contribution < -0.4 is 0 Å². The number of nitrogens with zero attached hydrogens (tertiary/aromatic N) is 2. The predicted octanol–water partition coefficient (Wildman–Crippen LogP) is 4.36. The Morgan fingerprint density at radius 1 is 1.43 bits per heavy atom. The number of aromatic nitrogens is 1. The van der Waals surface area contributed by atoms with Gasteiger partial charge in [-0.25, -0.2) is 4.98 Å². The van der Waals surface area contributed by atoms with Gasteiger partial charge in [-0.3, -0.25) is 4.90 Å².